The normalized spacial score (nSPS) is 24.5. The van der Waals surface area contributed by atoms with E-state index in [-0.39, 0.29) is 18.2 Å². The molecule has 0 saturated carbocycles. The molecule has 0 aromatic rings. The van der Waals surface area contributed by atoms with Gasteiger partial charge in [-0.3, -0.25) is 4.79 Å². The third-order valence-electron chi connectivity index (χ3n) is 4.74. The Labute approximate surface area is 158 Å². The molecule has 2 N–H and O–H groups in total. The first-order valence-corrected chi connectivity index (χ1v) is 9.96. The molecule has 0 aromatic carbocycles. The van der Waals surface area contributed by atoms with Crippen molar-refractivity contribution in [2.45, 2.75) is 95.5 Å². The zero-order valence-corrected chi connectivity index (χ0v) is 16.3. The van der Waals surface area contributed by atoms with Gasteiger partial charge in [-0.2, -0.15) is 0 Å². The van der Waals surface area contributed by atoms with Crippen LogP contribution in [-0.4, -0.2) is 47.7 Å². The van der Waals surface area contributed by atoms with E-state index in [4.69, 9.17) is 4.74 Å². The molecule has 1 heterocycles. The van der Waals surface area contributed by atoms with Crippen LogP contribution >= 0.6 is 0 Å². The summed E-state index contributed by atoms with van der Waals surface area (Å²) in [7, 11) is 1.37. The standard InChI is InChI=1S/C21H36O5/c1-3-4-5-6-7-8-9-10-11-13-17(22)20-16-18(23)19(26-20)14-12-15-21(24)25-2/h7-8,10-11,17-20,22-23H,3-6,9,12-16H2,1-2H3/b8-7-,11-10-/t17?,18-,19-,20?/m0/s1. The van der Waals surface area contributed by atoms with Crippen molar-refractivity contribution in [2.75, 3.05) is 7.11 Å². The molecule has 1 rings (SSSR count). The molecule has 0 spiro atoms. The van der Waals surface area contributed by atoms with E-state index in [0.29, 0.717) is 32.1 Å². The molecule has 0 aliphatic carbocycles. The van der Waals surface area contributed by atoms with Crippen LogP contribution in [-0.2, 0) is 14.3 Å². The number of carbonyl (C=O) groups excluding carboxylic acids is 1. The predicted octanol–water partition coefficient (Wildman–Crippen LogP) is 3.68. The smallest absolute Gasteiger partial charge is 0.305 e. The fourth-order valence-corrected chi connectivity index (χ4v) is 3.11. The number of aliphatic hydroxyl groups is 2. The summed E-state index contributed by atoms with van der Waals surface area (Å²) in [5.74, 6) is -0.251. The van der Waals surface area contributed by atoms with Gasteiger partial charge in [0.25, 0.3) is 0 Å². The summed E-state index contributed by atoms with van der Waals surface area (Å²) in [6, 6.07) is 0. The Kier molecular flexibility index (Phi) is 12.3. The van der Waals surface area contributed by atoms with Crippen LogP contribution in [0.3, 0.4) is 0 Å². The lowest BCUT2D eigenvalue weighted by atomic mass is 10.0. The number of esters is 1. The van der Waals surface area contributed by atoms with Crippen LogP contribution < -0.4 is 0 Å². The van der Waals surface area contributed by atoms with E-state index in [1.165, 1.54) is 26.4 Å². The van der Waals surface area contributed by atoms with Gasteiger partial charge in [-0.15, -0.1) is 0 Å². The molecule has 4 atom stereocenters. The van der Waals surface area contributed by atoms with Crippen molar-refractivity contribution >= 4 is 5.97 Å². The lowest BCUT2D eigenvalue weighted by Crippen LogP contribution is -2.25. The Morgan fingerprint density at radius 2 is 2.00 bits per heavy atom. The highest BCUT2D eigenvalue weighted by Crippen LogP contribution is 2.27. The molecule has 0 bridgehead atoms. The van der Waals surface area contributed by atoms with Gasteiger partial charge in [-0.25, -0.2) is 0 Å². The summed E-state index contributed by atoms with van der Waals surface area (Å²) >= 11 is 0. The van der Waals surface area contributed by atoms with E-state index in [9.17, 15) is 15.0 Å². The largest absolute Gasteiger partial charge is 0.469 e. The van der Waals surface area contributed by atoms with Crippen molar-refractivity contribution in [3.8, 4) is 0 Å². The van der Waals surface area contributed by atoms with Crippen molar-refractivity contribution in [2.24, 2.45) is 0 Å². The Balaban J connectivity index is 2.19. The predicted molar refractivity (Wildman–Crippen MR) is 103 cm³/mol. The third kappa shape index (κ3) is 9.51. The first kappa shape index (κ1) is 22.9. The fourth-order valence-electron chi connectivity index (χ4n) is 3.11. The van der Waals surface area contributed by atoms with Crippen LogP contribution in [0.15, 0.2) is 24.3 Å². The molecule has 5 nitrogen and oxygen atoms in total. The van der Waals surface area contributed by atoms with Crippen molar-refractivity contribution < 1.29 is 24.5 Å². The minimum Gasteiger partial charge on any atom is -0.469 e. The Bertz CT molecular complexity index is 432. The summed E-state index contributed by atoms with van der Waals surface area (Å²) in [5.41, 5.74) is 0. The Morgan fingerprint density at radius 1 is 1.23 bits per heavy atom. The van der Waals surface area contributed by atoms with E-state index in [2.05, 4.69) is 29.9 Å². The number of hydrogen-bond acceptors (Lipinski definition) is 5. The minimum absolute atomic E-state index is 0.251. The number of rotatable bonds is 13. The highest BCUT2D eigenvalue weighted by molar-refractivity contribution is 5.68. The van der Waals surface area contributed by atoms with Crippen LogP contribution in [0.4, 0.5) is 0 Å². The molecule has 1 aliphatic rings. The quantitative estimate of drug-likeness (QED) is 0.295. The fraction of sp³-hybridized carbons (Fsp3) is 0.762. The van der Waals surface area contributed by atoms with Gasteiger partial charge in [-0.05, 0) is 38.5 Å². The highest BCUT2D eigenvalue weighted by Gasteiger charge is 2.36. The molecule has 0 amide bonds. The number of ether oxygens (including phenoxy) is 2. The maximum absolute atomic E-state index is 11.1. The molecule has 5 heteroatoms. The average molecular weight is 369 g/mol. The second kappa shape index (κ2) is 14.0. The van der Waals surface area contributed by atoms with Crippen LogP contribution in [0, 0.1) is 0 Å². The van der Waals surface area contributed by atoms with Gasteiger partial charge in [0.2, 0.25) is 0 Å². The van der Waals surface area contributed by atoms with Crippen molar-refractivity contribution in [1.29, 1.82) is 0 Å². The second-order valence-corrected chi connectivity index (χ2v) is 6.96. The zero-order chi connectivity index (χ0) is 19.2. The summed E-state index contributed by atoms with van der Waals surface area (Å²) < 4.78 is 10.4. The molecule has 2 unspecified atom stereocenters. The molecule has 1 saturated heterocycles. The SMILES string of the molecule is CCCCC/C=C\C/C=C\CC(O)C1C[C@H](O)[C@H](CCCC(=O)OC)O1. The van der Waals surface area contributed by atoms with Crippen LogP contribution in [0.2, 0.25) is 0 Å². The van der Waals surface area contributed by atoms with Gasteiger partial charge < -0.3 is 19.7 Å². The van der Waals surface area contributed by atoms with Gasteiger partial charge in [-0.1, -0.05) is 44.1 Å². The number of unbranched alkanes of at least 4 members (excludes halogenated alkanes) is 3. The molecule has 150 valence electrons. The molecule has 26 heavy (non-hydrogen) atoms. The van der Waals surface area contributed by atoms with Gasteiger partial charge in [0.05, 0.1) is 31.5 Å². The maximum atomic E-state index is 11.1. The number of carbonyl (C=O) groups is 1. The summed E-state index contributed by atoms with van der Waals surface area (Å²) in [4.78, 5) is 11.1. The monoisotopic (exact) mass is 368 g/mol. The van der Waals surface area contributed by atoms with E-state index in [1.807, 2.05) is 6.08 Å². The van der Waals surface area contributed by atoms with Gasteiger partial charge in [0, 0.05) is 12.8 Å². The minimum atomic E-state index is -0.611. The first-order valence-electron chi connectivity index (χ1n) is 9.96. The van der Waals surface area contributed by atoms with E-state index in [0.717, 1.165) is 12.8 Å². The van der Waals surface area contributed by atoms with Gasteiger partial charge in [0.15, 0.2) is 0 Å². The number of aliphatic hydroxyl groups excluding tert-OH is 2. The first-order chi connectivity index (χ1) is 12.6. The Morgan fingerprint density at radius 3 is 2.73 bits per heavy atom. The highest BCUT2D eigenvalue weighted by atomic mass is 16.5. The van der Waals surface area contributed by atoms with Gasteiger partial charge >= 0.3 is 5.97 Å². The number of allylic oxidation sites excluding steroid dienone is 3. The molecule has 0 aromatic heterocycles. The number of hydrogen-bond donors (Lipinski definition) is 2. The second-order valence-electron chi connectivity index (χ2n) is 6.96. The van der Waals surface area contributed by atoms with E-state index < -0.39 is 12.2 Å². The topological polar surface area (TPSA) is 76.0 Å². The van der Waals surface area contributed by atoms with Gasteiger partial charge in [0.1, 0.15) is 0 Å². The van der Waals surface area contributed by atoms with Crippen molar-refractivity contribution in [1.82, 2.24) is 0 Å². The summed E-state index contributed by atoms with van der Waals surface area (Å²) in [6.07, 6.45) is 14.8. The van der Waals surface area contributed by atoms with E-state index in [1.54, 1.807) is 0 Å². The summed E-state index contributed by atoms with van der Waals surface area (Å²) in [5, 5.41) is 20.3. The Hall–Kier alpha value is -1.17. The molecule has 0 radical (unpaired) electrons. The molecule has 1 fully saturated rings. The van der Waals surface area contributed by atoms with E-state index >= 15 is 0 Å². The van der Waals surface area contributed by atoms with Crippen LogP contribution in [0.5, 0.6) is 0 Å². The lowest BCUT2D eigenvalue weighted by Gasteiger charge is -2.18. The molecule has 1 aliphatic heterocycles. The van der Waals surface area contributed by atoms with Crippen LogP contribution in [0.25, 0.3) is 0 Å². The zero-order valence-electron chi connectivity index (χ0n) is 16.3. The number of methoxy groups -OCH3 is 1. The molecular weight excluding hydrogens is 332 g/mol. The third-order valence-corrected chi connectivity index (χ3v) is 4.74. The van der Waals surface area contributed by atoms with Crippen LogP contribution in [0.1, 0.15) is 71.1 Å². The van der Waals surface area contributed by atoms with Crippen molar-refractivity contribution in [3.63, 3.8) is 0 Å². The average Bonchev–Trinajstić information content (AvgIpc) is 3.01. The van der Waals surface area contributed by atoms with Crippen molar-refractivity contribution in [3.05, 3.63) is 24.3 Å². The maximum Gasteiger partial charge on any atom is 0.305 e. The summed E-state index contributed by atoms with van der Waals surface area (Å²) in [6.45, 7) is 2.20. The molecular formula is C21H36O5. The lowest BCUT2D eigenvalue weighted by molar-refractivity contribution is -0.140.